The van der Waals surface area contributed by atoms with Crippen LogP contribution in [0.1, 0.15) is 31.1 Å². The van der Waals surface area contributed by atoms with E-state index < -0.39 is 23.3 Å². The normalized spacial score (nSPS) is 12.8. The van der Waals surface area contributed by atoms with Gasteiger partial charge >= 0.3 is 5.97 Å². The number of anilines is 1. The van der Waals surface area contributed by atoms with E-state index in [0.717, 1.165) is 0 Å². The van der Waals surface area contributed by atoms with Crippen molar-refractivity contribution in [1.29, 1.82) is 0 Å². The zero-order chi connectivity index (χ0) is 13.9. The molecule has 0 aliphatic rings. The summed E-state index contributed by atoms with van der Waals surface area (Å²) >= 11 is 0. The van der Waals surface area contributed by atoms with Crippen molar-refractivity contribution in [3.05, 3.63) is 29.8 Å². The van der Waals surface area contributed by atoms with Crippen LogP contribution in [0.3, 0.4) is 0 Å². The lowest BCUT2D eigenvalue weighted by molar-refractivity contribution is -0.142. The number of para-hydroxylation sites is 1. The maximum Gasteiger partial charge on any atom is 0.326 e. The van der Waals surface area contributed by atoms with Crippen molar-refractivity contribution < 1.29 is 14.7 Å². The van der Waals surface area contributed by atoms with Gasteiger partial charge in [-0.15, -0.1) is 0 Å². The van der Waals surface area contributed by atoms with Gasteiger partial charge in [0.2, 0.25) is 0 Å². The average Bonchev–Trinajstić information content (AvgIpc) is 2.24. The maximum absolute atomic E-state index is 12.0. The molecule has 0 radical (unpaired) electrons. The monoisotopic (exact) mass is 250 g/mol. The van der Waals surface area contributed by atoms with Crippen LogP contribution in [-0.2, 0) is 4.79 Å². The predicted octanol–water partition coefficient (Wildman–Crippen LogP) is 1.50. The average molecular weight is 250 g/mol. The quantitative estimate of drug-likeness (QED) is 0.709. The number of benzene rings is 1. The molecule has 4 N–H and O–H groups in total. The van der Waals surface area contributed by atoms with Gasteiger partial charge in [0.1, 0.15) is 6.04 Å². The Morgan fingerprint density at radius 2 is 1.83 bits per heavy atom. The molecular weight excluding hydrogens is 232 g/mol. The van der Waals surface area contributed by atoms with Gasteiger partial charge in [-0.05, 0) is 17.5 Å². The Labute approximate surface area is 106 Å². The standard InChI is InChI=1S/C13H18N2O3/c1-13(2,3)10(12(17)18)15-11(16)8-6-4-5-7-9(8)14/h4-7,10H,14H2,1-3H3,(H,15,16)(H,17,18)/t10-/m1/s1. The van der Waals surface area contributed by atoms with Crippen LogP contribution in [0.2, 0.25) is 0 Å². The number of aliphatic carboxylic acids is 1. The predicted molar refractivity (Wildman–Crippen MR) is 69.2 cm³/mol. The Kier molecular flexibility index (Phi) is 3.96. The fourth-order valence-electron chi connectivity index (χ4n) is 1.56. The number of hydrogen-bond acceptors (Lipinski definition) is 3. The Bertz CT molecular complexity index is 464. The molecular formula is C13H18N2O3. The van der Waals surface area contributed by atoms with E-state index in [1.165, 1.54) is 0 Å². The summed E-state index contributed by atoms with van der Waals surface area (Å²) in [5.41, 5.74) is 5.71. The second-order valence-electron chi connectivity index (χ2n) is 5.20. The van der Waals surface area contributed by atoms with Gasteiger partial charge in [-0.3, -0.25) is 4.79 Å². The maximum atomic E-state index is 12.0. The number of nitrogen functional groups attached to an aromatic ring is 1. The molecule has 18 heavy (non-hydrogen) atoms. The molecule has 98 valence electrons. The molecule has 0 fully saturated rings. The van der Waals surface area contributed by atoms with Gasteiger partial charge in [0, 0.05) is 5.69 Å². The van der Waals surface area contributed by atoms with Crippen LogP contribution in [0, 0.1) is 5.41 Å². The van der Waals surface area contributed by atoms with Crippen molar-refractivity contribution >= 4 is 17.6 Å². The van der Waals surface area contributed by atoms with Crippen LogP contribution in [0.4, 0.5) is 5.69 Å². The van der Waals surface area contributed by atoms with E-state index in [-0.39, 0.29) is 5.56 Å². The first-order valence-corrected chi connectivity index (χ1v) is 5.61. The highest BCUT2D eigenvalue weighted by Crippen LogP contribution is 2.20. The van der Waals surface area contributed by atoms with Gasteiger partial charge in [-0.25, -0.2) is 4.79 Å². The summed E-state index contributed by atoms with van der Waals surface area (Å²) in [6.45, 7) is 5.25. The van der Waals surface area contributed by atoms with Crippen molar-refractivity contribution in [3.8, 4) is 0 Å². The summed E-state index contributed by atoms with van der Waals surface area (Å²) in [5, 5.41) is 11.6. The van der Waals surface area contributed by atoms with Crippen molar-refractivity contribution in [2.24, 2.45) is 5.41 Å². The molecule has 0 unspecified atom stereocenters. The molecule has 5 heteroatoms. The number of carbonyl (C=O) groups is 2. The minimum atomic E-state index is -1.06. The Morgan fingerprint density at radius 1 is 1.28 bits per heavy atom. The molecule has 0 aliphatic heterocycles. The van der Waals surface area contributed by atoms with Crippen LogP contribution in [0.25, 0.3) is 0 Å². The number of hydrogen-bond donors (Lipinski definition) is 3. The van der Waals surface area contributed by atoms with E-state index in [9.17, 15) is 9.59 Å². The third kappa shape index (κ3) is 3.23. The smallest absolute Gasteiger partial charge is 0.326 e. The third-order valence-electron chi connectivity index (χ3n) is 2.59. The highest BCUT2D eigenvalue weighted by molar-refractivity contribution is 6.00. The molecule has 0 heterocycles. The van der Waals surface area contributed by atoms with Crippen LogP contribution >= 0.6 is 0 Å². The van der Waals surface area contributed by atoms with Crippen LogP contribution in [0.15, 0.2) is 24.3 Å². The molecule has 0 aromatic heterocycles. The number of rotatable bonds is 3. The number of carbonyl (C=O) groups excluding carboxylic acids is 1. The lowest BCUT2D eigenvalue weighted by Gasteiger charge is -2.27. The Hall–Kier alpha value is -2.04. The van der Waals surface area contributed by atoms with Crippen LogP contribution in [-0.4, -0.2) is 23.0 Å². The lowest BCUT2D eigenvalue weighted by atomic mass is 9.86. The van der Waals surface area contributed by atoms with Gasteiger partial charge in [-0.2, -0.15) is 0 Å². The summed E-state index contributed by atoms with van der Waals surface area (Å²) in [6, 6.07) is 5.58. The topological polar surface area (TPSA) is 92.4 Å². The van der Waals surface area contributed by atoms with E-state index in [1.807, 2.05) is 0 Å². The zero-order valence-corrected chi connectivity index (χ0v) is 10.7. The molecule has 0 saturated heterocycles. The molecule has 1 aromatic carbocycles. The van der Waals surface area contributed by atoms with Crippen molar-refractivity contribution in [1.82, 2.24) is 5.32 Å². The number of carboxylic acids is 1. The number of nitrogens with two attached hydrogens (primary N) is 1. The first-order valence-electron chi connectivity index (χ1n) is 5.61. The van der Waals surface area contributed by atoms with Crippen LogP contribution < -0.4 is 11.1 Å². The van der Waals surface area contributed by atoms with E-state index >= 15 is 0 Å². The number of amides is 1. The summed E-state index contributed by atoms with van der Waals surface area (Å²) in [6.07, 6.45) is 0. The summed E-state index contributed by atoms with van der Waals surface area (Å²) in [5.74, 6) is -1.54. The highest BCUT2D eigenvalue weighted by atomic mass is 16.4. The van der Waals surface area contributed by atoms with E-state index in [0.29, 0.717) is 5.69 Å². The minimum absolute atomic E-state index is 0.285. The third-order valence-corrected chi connectivity index (χ3v) is 2.59. The first kappa shape index (κ1) is 14.0. The molecule has 1 aromatic rings. The summed E-state index contributed by atoms with van der Waals surface area (Å²) < 4.78 is 0. The van der Waals surface area contributed by atoms with Gasteiger partial charge in [0.15, 0.2) is 0 Å². The summed E-state index contributed by atoms with van der Waals surface area (Å²) in [4.78, 5) is 23.1. The van der Waals surface area contributed by atoms with Gasteiger partial charge < -0.3 is 16.2 Å². The van der Waals surface area contributed by atoms with E-state index in [2.05, 4.69) is 5.32 Å². The second-order valence-corrected chi connectivity index (χ2v) is 5.20. The fourth-order valence-corrected chi connectivity index (χ4v) is 1.56. The SMILES string of the molecule is CC(C)(C)[C@H](NC(=O)c1ccccc1N)C(=O)O. The highest BCUT2D eigenvalue weighted by Gasteiger charge is 2.33. The Balaban J connectivity index is 2.93. The molecule has 0 spiro atoms. The van der Waals surface area contributed by atoms with Crippen LogP contribution in [0.5, 0.6) is 0 Å². The van der Waals surface area contributed by atoms with Crippen molar-refractivity contribution in [2.45, 2.75) is 26.8 Å². The summed E-state index contributed by atoms with van der Waals surface area (Å²) in [7, 11) is 0. The molecule has 0 bridgehead atoms. The molecule has 1 atom stereocenters. The van der Waals surface area contributed by atoms with Gasteiger partial charge in [0.25, 0.3) is 5.91 Å². The second kappa shape index (κ2) is 5.08. The van der Waals surface area contributed by atoms with Gasteiger partial charge in [0.05, 0.1) is 5.56 Å². The van der Waals surface area contributed by atoms with E-state index in [4.69, 9.17) is 10.8 Å². The Morgan fingerprint density at radius 3 is 2.28 bits per heavy atom. The zero-order valence-electron chi connectivity index (χ0n) is 10.7. The van der Waals surface area contributed by atoms with Crippen molar-refractivity contribution in [2.75, 3.05) is 5.73 Å². The van der Waals surface area contributed by atoms with Gasteiger partial charge in [-0.1, -0.05) is 32.9 Å². The lowest BCUT2D eigenvalue weighted by Crippen LogP contribution is -2.49. The molecule has 1 amide bonds. The molecule has 5 nitrogen and oxygen atoms in total. The molecule has 0 aliphatic carbocycles. The first-order chi connectivity index (χ1) is 8.23. The largest absolute Gasteiger partial charge is 0.480 e. The molecule has 1 rings (SSSR count). The fraction of sp³-hybridized carbons (Fsp3) is 0.385. The molecule has 0 saturated carbocycles. The van der Waals surface area contributed by atoms with Crippen molar-refractivity contribution in [3.63, 3.8) is 0 Å². The minimum Gasteiger partial charge on any atom is -0.480 e. The number of carboxylic acid groups (broad SMARTS) is 1. The number of nitrogens with one attached hydrogen (secondary N) is 1. The van der Waals surface area contributed by atoms with E-state index in [1.54, 1.807) is 45.0 Å².